The Labute approximate surface area is 119 Å². The summed E-state index contributed by atoms with van der Waals surface area (Å²) in [5.41, 5.74) is 1.47. The summed E-state index contributed by atoms with van der Waals surface area (Å²) in [6.45, 7) is 4.47. The Morgan fingerprint density at radius 2 is 2.25 bits per heavy atom. The summed E-state index contributed by atoms with van der Waals surface area (Å²) in [6, 6.07) is 0.0417. The molecule has 2 aliphatic rings. The fourth-order valence-corrected chi connectivity index (χ4v) is 3.29. The summed E-state index contributed by atoms with van der Waals surface area (Å²) in [6.07, 6.45) is 8.24. The van der Waals surface area contributed by atoms with Crippen molar-refractivity contribution in [2.24, 2.45) is 18.9 Å². The van der Waals surface area contributed by atoms with Crippen LogP contribution in [0.2, 0.25) is 0 Å². The highest BCUT2D eigenvalue weighted by atomic mass is 16.2. The number of carbonyl (C=O) groups excluding carboxylic acids is 1. The third-order valence-electron chi connectivity index (χ3n) is 4.54. The van der Waals surface area contributed by atoms with Crippen LogP contribution in [0, 0.1) is 11.8 Å². The summed E-state index contributed by atoms with van der Waals surface area (Å²) < 4.78 is 1.93. The molecule has 1 saturated heterocycles. The predicted octanol–water partition coefficient (Wildman–Crippen LogP) is 1.92. The van der Waals surface area contributed by atoms with Crippen LogP contribution in [0.5, 0.6) is 0 Å². The van der Waals surface area contributed by atoms with Gasteiger partial charge >= 0.3 is 6.03 Å². The van der Waals surface area contributed by atoms with Crippen LogP contribution in [-0.2, 0) is 13.6 Å². The average molecular weight is 274 g/mol. The van der Waals surface area contributed by atoms with Gasteiger partial charge in [0.05, 0.1) is 6.54 Å². The highest BCUT2D eigenvalue weighted by Gasteiger charge is 2.36. The van der Waals surface area contributed by atoms with Gasteiger partial charge in [-0.2, -0.15) is 0 Å². The maximum absolute atomic E-state index is 12.2. The molecule has 0 radical (unpaired) electrons. The van der Waals surface area contributed by atoms with E-state index in [9.17, 15) is 4.79 Å². The van der Waals surface area contributed by atoms with Gasteiger partial charge in [-0.05, 0) is 31.6 Å². The number of imidazole rings is 1. The minimum absolute atomic E-state index is 0.0417. The third kappa shape index (κ3) is 2.57. The van der Waals surface area contributed by atoms with E-state index in [-0.39, 0.29) is 6.03 Å². The molecular formula is C15H22N4O. The number of rotatable bonds is 2. The Hall–Kier alpha value is -1.78. The van der Waals surface area contributed by atoms with Crippen molar-refractivity contribution < 1.29 is 4.79 Å². The van der Waals surface area contributed by atoms with Crippen LogP contribution in [0.3, 0.4) is 0 Å². The number of aryl methyl sites for hydroxylation is 1. The molecule has 108 valence electrons. The number of carbonyl (C=O) groups is 1. The Kier molecular flexibility index (Phi) is 3.51. The minimum Gasteiger partial charge on any atom is -0.337 e. The molecule has 5 heteroatoms. The number of aromatic nitrogens is 2. The second kappa shape index (κ2) is 5.31. The number of urea groups is 1. The predicted molar refractivity (Wildman–Crippen MR) is 77.0 cm³/mol. The molecule has 20 heavy (non-hydrogen) atoms. The molecule has 3 rings (SSSR count). The first-order valence-corrected chi connectivity index (χ1v) is 7.28. The largest absolute Gasteiger partial charge is 0.337 e. The molecule has 1 aromatic rings. The van der Waals surface area contributed by atoms with Crippen molar-refractivity contribution in [2.45, 2.75) is 26.3 Å². The van der Waals surface area contributed by atoms with E-state index in [0.29, 0.717) is 18.4 Å². The number of nitrogens with one attached hydrogen (secondary N) is 1. The zero-order valence-electron chi connectivity index (χ0n) is 12.2. The van der Waals surface area contributed by atoms with E-state index in [1.165, 1.54) is 5.57 Å². The Morgan fingerprint density at radius 1 is 1.45 bits per heavy atom. The molecule has 0 spiro atoms. The van der Waals surface area contributed by atoms with Crippen molar-refractivity contribution in [1.82, 2.24) is 19.8 Å². The first-order chi connectivity index (χ1) is 9.63. The number of hydrogen-bond acceptors (Lipinski definition) is 2. The van der Waals surface area contributed by atoms with Gasteiger partial charge < -0.3 is 14.8 Å². The molecule has 0 aromatic carbocycles. The van der Waals surface area contributed by atoms with E-state index in [2.05, 4.69) is 23.3 Å². The Bertz CT molecular complexity index is 534. The van der Waals surface area contributed by atoms with Crippen LogP contribution in [0.15, 0.2) is 24.0 Å². The van der Waals surface area contributed by atoms with Crippen LogP contribution in [0.25, 0.3) is 0 Å². The molecule has 1 N–H and O–H groups in total. The quantitative estimate of drug-likeness (QED) is 0.838. The maximum Gasteiger partial charge on any atom is 0.317 e. The molecule has 2 atom stereocenters. The van der Waals surface area contributed by atoms with E-state index in [4.69, 9.17) is 0 Å². The maximum atomic E-state index is 12.2. The van der Waals surface area contributed by atoms with Gasteiger partial charge in [-0.3, -0.25) is 0 Å². The first-order valence-electron chi connectivity index (χ1n) is 7.28. The Morgan fingerprint density at radius 3 is 3.00 bits per heavy atom. The summed E-state index contributed by atoms with van der Waals surface area (Å²) in [4.78, 5) is 18.4. The fourth-order valence-electron chi connectivity index (χ4n) is 3.29. The molecule has 0 unspecified atom stereocenters. The van der Waals surface area contributed by atoms with Gasteiger partial charge in [0.25, 0.3) is 0 Å². The second-order valence-electron chi connectivity index (χ2n) is 6.03. The second-order valence-corrected chi connectivity index (χ2v) is 6.03. The molecule has 1 aliphatic heterocycles. The highest BCUT2D eigenvalue weighted by Crippen LogP contribution is 2.35. The molecular weight excluding hydrogens is 252 g/mol. The van der Waals surface area contributed by atoms with Crippen LogP contribution in [0.4, 0.5) is 4.79 Å². The lowest BCUT2D eigenvalue weighted by Gasteiger charge is -2.21. The van der Waals surface area contributed by atoms with Gasteiger partial charge in [-0.1, -0.05) is 11.6 Å². The van der Waals surface area contributed by atoms with Crippen molar-refractivity contribution in [1.29, 1.82) is 0 Å². The number of likely N-dealkylation sites (tertiary alicyclic amines) is 1. The highest BCUT2D eigenvalue weighted by molar-refractivity contribution is 5.74. The van der Waals surface area contributed by atoms with Crippen LogP contribution < -0.4 is 5.32 Å². The topological polar surface area (TPSA) is 50.2 Å². The SMILES string of the molecule is CC1=CC[C@@H]2CN(C(=O)NCc3nccn3C)C[C@@H]2C1. The molecule has 1 aromatic heterocycles. The number of amides is 2. The summed E-state index contributed by atoms with van der Waals surface area (Å²) in [7, 11) is 1.94. The summed E-state index contributed by atoms with van der Waals surface area (Å²) in [5.74, 6) is 2.18. The van der Waals surface area contributed by atoms with Gasteiger partial charge in [0.15, 0.2) is 0 Å². The summed E-state index contributed by atoms with van der Waals surface area (Å²) >= 11 is 0. The minimum atomic E-state index is 0.0417. The standard InChI is InChI=1S/C15H22N4O/c1-11-3-4-12-9-19(10-13(12)7-11)15(20)17-8-14-16-5-6-18(14)2/h3,5-6,12-13H,4,7-10H2,1-2H3,(H,17,20)/t12-,13+/m1/s1. The van der Waals surface area contributed by atoms with E-state index in [0.717, 1.165) is 31.8 Å². The number of nitrogens with zero attached hydrogens (tertiary/aromatic N) is 3. The first kappa shape index (κ1) is 13.2. The van der Waals surface area contributed by atoms with Crippen molar-refractivity contribution in [3.63, 3.8) is 0 Å². The fraction of sp³-hybridized carbons (Fsp3) is 0.600. The molecule has 0 saturated carbocycles. The number of allylic oxidation sites excluding steroid dienone is 2. The third-order valence-corrected chi connectivity index (χ3v) is 4.54. The number of hydrogen-bond donors (Lipinski definition) is 1. The van der Waals surface area contributed by atoms with Gasteiger partial charge in [-0.15, -0.1) is 0 Å². The zero-order valence-corrected chi connectivity index (χ0v) is 12.2. The van der Waals surface area contributed by atoms with Gasteiger partial charge in [0.2, 0.25) is 0 Å². The lowest BCUT2D eigenvalue weighted by Crippen LogP contribution is -2.38. The average Bonchev–Trinajstić information content (AvgIpc) is 3.01. The monoisotopic (exact) mass is 274 g/mol. The molecule has 1 fully saturated rings. The molecule has 1 aliphatic carbocycles. The van der Waals surface area contributed by atoms with Gasteiger partial charge in [0, 0.05) is 32.5 Å². The smallest absolute Gasteiger partial charge is 0.317 e. The van der Waals surface area contributed by atoms with E-state index in [1.54, 1.807) is 6.20 Å². The van der Waals surface area contributed by atoms with E-state index in [1.807, 2.05) is 22.7 Å². The van der Waals surface area contributed by atoms with Crippen LogP contribution in [-0.4, -0.2) is 33.6 Å². The lowest BCUT2D eigenvalue weighted by molar-refractivity contribution is 0.205. The number of fused-ring (bicyclic) bond motifs is 1. The Balaban J connectivity index is 1.53. The zero-order chi connectivity index (χ0) is 14.1. The lowest BCUT2D eigenvalue weighted by atomic mass is 9.83. The molecule has 2 amide bonds. The van der Waals surface area contributed by atoms with Crippen molar-refractivity contribution in [2.75, 3.05) is 13.1 Å². The van der Waals surface area contributed by atoms with Crippen molar-refractivity contribution in [3.8, 4) is 0 Å². The van der Waals surface area contributed by atoms with E-state index >= 15 is 0 Å². The van der Waals surface area contributed by atoms with Crippen molar-refractivity contribution in [3.05, 3.63) is 29.9 Å². The van der Waals surface area contributed by atoms with Crippen LogP contribution >= 0.6 is 0 Å². The van der Waals surface area contributed by atoms with E-state index < -0.39 is 0 Å². The van der Waals surface area contributed by atoms with Gasteiger partial charge in [0.1, 0.15) is 5.82 Å². The normalized spacial score (nSPS) is 25.3. The summed E-state index contributed by atoms with van der Waals surface area (Å²) in [5, 5.41) is 2.98. The molecule has 2 heterocycles. The van der Waals surface area contributed by atoms with Crippen molar-refractivity contribution >= 4 is 6.03 Å². The van der Waals surface area contributed by atoms with Gasteiger partial charge in [-0.25, -0.2) is 9.78 Å². The molecule has 5 nitrogen and oxygen atoms in total. The van der Waals surface area contributed by atoms with Crippen LogP contribution in [0.1, 0.15) is 25.6 Å². The molecule has 0 bridgehead atoms.